The number of rotatable bonds is 5. The molecule has 146 valence electrons. The lowest BCUT2D eigenvalue weighted by molar-refractivity contribution is -0.129. The highest BCUT2D eigenvalue weighted by molar-refractivity contribution is 5.87. The van der Waals surface area contributed by atoms with Gasteiger partial charge in [0.1, 0.15) is 5.82 Å². The van der Waals surface area contributed by atoms with Gasteiger partial charge in [0.25, 0.3) is 0 Å². The third-order valence-corrected chi connectivity index (χ3v) is 4.70. The van der Waals surface area contributed by atoms with Crippen LogP contribution < -0.4 is 4.90 Å². The molecule has 4 rings (SSSR count). The summed E-state index contributed by atoms with van der Waals surface area (Å²) in [6.07, 6.45) is -0.393. The highest BCUT2D eigenvalue weighted by atomic mass is 19.1. The Hall–Kier alpha value is -2.97. The zero-order chi connectivity index (χ0) is 19.7. The van der Waals surface area contributed by atoms with E-state index in [0.717, 1.165) is 5.56 Å². The van der Waals surface area contributed by atoms with Crippen molar-refractivity contribution in [2.45, 2.75) is 19.1 Å². The number of benzene rings is 2. The van der Waals surface area contributed by atoms with Gasteiger partial charge in [0, 0.05) is 17.7 Å². The fourth-order valence-corrected chi connectivity index (χ4v) is 3.43. The second kappa shape index (κ2) is 7.21. The summed E-state index contributed by atoms with van der Waals surface area (Å²) in [7, 11) is 0. The standard InChI is InChI=1S/C20H20FN3O4/c1-2-9-24(19(25)26)18-22-16-8-5-14(12-17(16)23-18)20(27-10-11-28-20)13-3-6-15(21)7-4-13/h3-8,12H,2,9-11H2,1H3,(H,22,23)(H,25,26). The zero-order valence-electron chi connectivity index (χ0n) is 15.3. The van der Waals surface area contributed by atoms with Crippen molar-refractivity contribution in [2.24, 2.45) is 0 Å². The average Bonchev–Trinajstić information content (AvgIpc) is 3.33. The average molecular weight is 385 g/mol. The molecule has 2 aromatic carbocycles. The largest absolute Gasteiger partial charge is 0.465 e. The van der Waals surface area contributed by atoms with Crippen LogP contribution in [0.15, 0.2) is 42.5 Å². The SMILES string of the molecule is CCCN(C(=O)O)c1nc2ccc(C3(c4ccc(F)cc4)OCCO3)cc2[nH]1. The molecule has 1 aliphatic heterocycles. The van der Waals surface area contributed by atoms with Gasteiger partial charge in [-0.1, -0.05) is 25.1 Å². The monoisotopic (exact) mass is 385 g/mol. The number of fused-ring (bicyclic) bond motifs is 1. The van der Waals surface area contributed by atoms with Crippen molar-refractivity contribution in [1.29, 1.82) is 0 Å². The summed E-state index contributed by atoms with van der Waals surface area (Å²) in [6, 6.07) is 11.4. The Kier molecular flexibility index (Phi) is 4.74. The highest BCUT2D eigenvalue weighted by Crippen LogP contribution is 2.39. The van der Waals surface area contributed by atoms with Gasteiger partial charge in [-0.15, -0.1) is 0 Å². The van der Waals surface area contributed by atoms with Gasteiger partial charge in [0.05, 0.1) is 24.2 Å². The molecule has 2 heterocycles. The summed E-state index contributed by atoms with van der Waals surface area (Å²) in [4.78, 5) is 20.1. The van der Waals surface area contributed by atoms with Crippen LogP contribution >= 0.6 is 0 Å². The maximum atomic E-state index is 13.4. The summed E-state index contributed by atoms with van der Waals surface area (Å²) in [5.41, 5.74) is 2.70. The van der Waals surface area contributed by atoms with Crippen molar-refractivity contribution in [3.63, 3.8) is 0 Å². The van der Waals surface area contributed by atoms with E-state index in [2.05, 4.69) is 9.97 Å². The Labute approximate surface area is 160 Å². The molecule has 8 heteroatoms. The number of hydrogen-bond acceptors (Lipinski definition) is 4. The van der Waals surface area contributed by atoms with E-state index >= 15 is 0 Å². The topological polar surface area (TPSA) is 87.7 Å². The highest BCUT2D eigenvalue weighted by Gasteiger charge is 2.41. The molecule has 1 fully saturated rings. The molecule has 1 aliphatic rings. The summed E-state index contributed by atoms with van der Waals surface area (Å²) < 4.78 is 25.3. The van der Waals surface area contributed by atoms with E-state index in [9.17, 15) is 14.3 Å². The van der Waals surface area contributed by atoms with E-state index in [1.165, 1.54) is 17.0 Å². The van der Waals surface area contributed by atoms with E-state index in [-0.39, 0.29) is 11.8 Å². The fraction of sp³-hybridized carbons (Fsp3) is 0.300. The number of halogens is 1. The summed E-state index contributed by atoms with van der Waals surface area (Å²) in [5, 5.41) is 9.42. The number of ether oxygens (including phenoxy) is 2. The first-order chi connectivity index (χ1) is 13.5. The molecule has 0 atom stereocenters. The minimum Gasteiger partial charge on any atom is -0.465 e. The molecule has 1 aromatic heterocycles. The van der Waals surface area contributed by atoms with Crippen LogP contribution in [0.4, 0.5) is 15.1 Å². The Balaban J connectivity index is 1.77. The molecule has 0 unspecified atom stereocenters. The molecule has 0 bridgehead atoms. The third kappa shape index (κ3) is 3.10. The van der Waals surface area contributed by atoms with Gasteiger partial charge in [-0.05, 0) is 30.7 Å². The van der Waals surface area contributed by atoms with Crippen LogP contribution in [0.2, 0.25) is 0 Å². The second-order valence-corrected chi connectivity index (χ2v) is 6.55. The predicted molar refractivity (Wildman–Crippen MR) is 101 cm³/mol. The normalized spacial score (nSPS) is 15.8. The smallest absolute Gasteiger partial charge is 0.414 e. The van der Waals surface area contributed by atoms with Crippen molar-refractivity contribution < 1.29 is 23.8 Å². The Morgan fingerprint density at radius 2 is 1.89 bits per heavy atom. The number of imidazole rings is 1. The van der Waals surface area contributed by atoms with Gasteiger partial charge >= 0.3 is 6.09 Å². The van der Waals surface area contributed by atoms with E-state index < -0.39 is 11.9 Å². The van der Waals surface area contributed by atoms with E-state index in [1.807, 2.05) is 19.1 Å². The number of nitrogens with one attached hydrogen (secondary N) is 1. The van der Waals surface area contributed by atoms with Crippen molar-refractivity contribution in [3.8, 4) is 0 Å². The number of H-pyrrole nitrogens is 1. The van der Waals surface area contributed by atoms with Gasteiger partial charge in [0.15, 0.2) is 0 Å². The number of amides is 1. The van der Waals surface area contributed by atoms with Gasteiger partial charge in [-0.25, -0.2) is 19.1 Å². The molecule has 0 radical (unpaired) electrons. The van der Waals surface area contributed by atoms with Crippen molar-refractivity contribution in [2.75, 3.05) is 24.7 Å². The van der Waals surface area contributed by atoms with Crippen LogP contribution in [0.5, 0.6) is 0 Å². The number of aromatic nitrogens is 2. The van der Waals surface area contributed by atoms with Gasteiger partial charge in [0.2, 0.25) is 11.7 Å². The molecular formula is C20H20FN3O4. The maximum Gasteiger partial charge on any atom is 0.414 e. The molecular weight excluding hydrogens is 365 g/mol. The first-order valence-electron chi connectivity index (χ1n) is 9.08. The number of aromatic amines is 1. The molecule has 0 spiro atoms. The van der Waals surface area contributed by atoms with Crippen LogP contribution in [0.1, 0.15) is 24.5 Å². The number of anilines is 1. The Morgan fingerprint density at radius 1 is 1.21 bits per heavy atom. The first kappa shape index (κ1) is 18.4. The van der Waals surface area contributed by atoms with Crippen molar-refractivity contribution in [1.82, 2.24) is 9.97 Å². The van der Waals surface area contributed by atoms with Crippen molar-refractivity contribution >= 4 is 23.1 Å². The third-order valence-electron chi connectivity index (χ3n) is 4.70. The fourth-order valence-electron chi connectivity index (χ4n) is 3.43. The lowest BCUT2D eigenvalue weighted by atomic mass is 9.97. The first-order valence-corrected chi connectivity index (χ1v) is 9.08. The summed E-state index contributed by atoms with van der Waals surface area (Å²) in [6.45, 7) is 3.06. The van der Waals surface area contributed by atoms with Gasteiger partial charge in [-0.3, -0.25) is 0 Å². The van der Waals surface area contributed by atoms with Crippen molar-refractivity contribution in [3.05, 3.63) is 59.4 Å². The predicted octanol–water partition coefficient (Wildman–Crippen LogP) is 3.84. The van der Waals surface area contributed by atoms with Crippen LogP contribution in [-0.2, 0) is 15.3 Å². The molecule has 0 aliphatic carbocycles. The number of nitrogens with zero attached hydrogens (tertiary/aromatic N) is 2. The Morgan fingerprint density at radius 3 is 2.54 bits per heavy atom. The van der Waals surface area contributed by atoms with Gasteiger partial charge < -0.3 is 19.6 Å². The van der Waals surface area contributed by atoms with Crippen LogP contribution in [0.3, 0.4) is 0 Å². The lowest BCUT2D eigenvalue weighted by Crippen LogP contribution is -2.30. The maximum absolute atomic E-state index is 13.4. The molecule has 28 heavy (non-hydrogen) atoms. The van der Waals surface area contributed by atoms with E-state index in [0.29, 0.717) is 42.8 Å². The molecule has 1 saturated heterocycles. The number of carboxylic acid groups (broad SMARTS) is 1. The minimum atomic E-state index is -1.14. The van der Waals surface area contributed by atoms with E-state index in [1.54, 1.807) is 18.2 Å². The lowest BCUT2D eigenvalue weighted by Gasteiger charge is -2.28. The summed E-state index contributed by atoms with van der Waals surface area (Å²) in [5.74, 6) is -1.20. The molecule has 7 nitrogen and oxygen atoms in total. The molecule has 3 aromatic rings. The van der Waals surface area contributed by atoms with Crippen LogP contribution in [0.25, 0.3) is 11.0 Å². The van der Waals surface area contributed by atoms with E-state index in [4.69, 9.17) is 9.47 Å². The zero-order valence-corrected chi connectivity index (χ0v) is 15.3. The molecule has 2 N–H and O–H groups in total. The number of carbonyl (C=O) groups is 1. The number of hydrogen-bond donors (Lipinski definition) is 2. The summed E-state index contributed by atoms with van der Waals surface area (Å²) >= 11 is 0. The Bertz CT molecular complexity index is 996. The molecule has 1 amide bonds. The van der Waals surface area contributed by atoms with Crippen LogP contribution in [-0.4, -0.2) is 40.9 Å². The molecule has 0 saturated carbocycles. The second-order valence-electron chi connectivity index (χ2n) is 6.55. The van der Waals surface area contributed by atoms with Gasteiger partial charge in [-0.2, -0.15) is 0 Å². The van der Waals surface area contributed by atoms with Crippen LogP contribution in [0, 0.1) is 5.82 Å². The quantitative estimate of drug-likeness (QED) is 0.697. The minimum absolute atomic E-state index is 0.269.